The van der Waals surface area contributed by atoms with Crippen molar-refractivity contribution in [2.24, 2.45) is 0 Å². The van der Waals surface area contributed by atoms with Crippen molar-refractivity contribution in [1.29, 1.82) is 0 Å². The van der Waals surface area contributed by atoms with Gasteiger partial charge in [0.05, 0.1) is 11.9 Å². The van der Waals surface area contributed by atoms with Gasteiger partial charge in [0, 0.05) is 5.69 Å². The van der Waals surface area contributed by atoms with E-state index in [1.807, 2.05) is 6.92 Å². The van der Waals surface area contributed by atoms with Crippen LogP contribution in [-0.4, -0.2) is 25.8 Å². The van der Waals surface area contributed by atoms with E-state index in [2.05, 4.69) is 4.72 Å². The summed E-state index contributed by atoms with van der Waals surface area (Å²) in [6.45, 7) is 3.84. The highest BCUT2D eigenvalue weighted by atomic mass is 32.2. The van der Waals surface area contributed by atoms with Gasteiger partial charge in [-0.25, -0.2) is 8.42 Å². The lowest BCUT2D eigenvalue weighted by molar-refractivity contribution is 0.275. The summed E-state index contributed by atoms with van der Waals surface area (Å²) in [5.74, 6) is 0. The lowest BCUT2D eigenvalue weighted by Crippen LogP contribution is -2.29. The van der Waals surface area contributed by atoms with Crippen molar-refractivity contribution in [3.63, 3.8) is 0 Å². The van der Waals surface area contributed by atoms with E-state index in [0.29, 0.717) is 24.2 Å². The van der Waals surface area contributed by atoms with E-state index >= 15 is 0 Å². The Morgan fingerprint density at radius 1 is 1.56 bits per heavy atom. The van der Waals surface area contributed by atoms with Crippen LogP contribution in [0, 0.1) is 0 Å². The zero-order valence-electron chi connectivity index (χ0n) is 10.4. The first-order valence-corrected chi connectivity index (χ1v) is 7.43. The maximum Gasteiger partial charge on any atom is 0.491 e. The van der Waals surface area contributed by atoms with Crippen LogP contribution in [0.5, 0.6) is 0 Å². The Balaban J connectivity index is 2.24. The molecule has 0 saturated carbocycles. The lowest BCUT2D eigenvalue weighted by Gasteiger charge is -2.13. The standard InChI is InChI=1S/C11H16BNO4S/c1-3-8(2)18(15,16)13-10-5-4-9-7-17-12(14)11(9)6-10/h4-6,8,13-14H,3,7H2,1-2H3/t8-/m1/s1. The van der Waals surface area contributed by atoms with Crippen molar-refractivity contribution in [2.45, 2.75) is 32.1 Å². The predicted octanol–water partition coefficient (Wildman–Crippen LogP) is 0.444. The molecular formula is C11H16BNO4S. The molecule has 0 radical (unpaired) electrons. The average Bonchev–Trinajstić information content (AvgIpc) is 2.69. The highest BCUT2D eigenvalue weighted by Gasteiger charge is 2.28. The summed E-state index contributed by atoms with van der Waals surface area (Å²) in [6, 6.07) is 5.06. The molecule has 18 heavy (non-hydrogen) atoms. The van der Waals surface area contributed by atoms with E-state index in [1.54, 1.807) is 25.1 Å². The molecule has 1 aliphatic heterocycles. The van der Waals surface area contributed by atoms with E-state index in [1.165, 1.54) is 0 Å². The van der Waals surface area contributed by atoms with Crippen molar-refractivity contribution < 1.29 is 18.1 Å². The van der Waals surface area contributed by atoms with Crippen LogP contribution < -0.4 is 10.2 Å². The minimum absolute atomic E-state index is 0.356. The fourth-order valence-corrected chi connectivity index (χ4v) is 2.86. The molecule has 5 nitrogen and oxygen atoms in total. The van der Waals surface area contributed by atoms with Crippen molar-refractivity contribution in [2.75, 3.05) is 4.72 Å². The molecule has 1 atom stereocenters. The number of rotatable bonds is 4. The summed E-state index contributed by atoms with van der Waals surface area (Å²) in [6.07, 6.45) is 0.548. The number of sulfonamides is 1. The van der Waals surface area contributed by atoms with Gasteiger partial charge in [-0.3, -0.25) is 4.72 Å². The molecule has 7 heteroatoms. The van der Waals surface area contributed by atoms with Crippen molar-refractivity contribution >= 4 is 28.3 Å². The molecular weight excluding hydrogens is 253 g/mol. The van der Waals surface area contributed by atoms with Gasteiger partial charge in [-0.05, 0) is 36.5 Å². The molecule has 0 bridgehead atoms. The Morgan fingerprint density at radius 2 is 2.28 bits per heavy atom. The summed E-state index contributed by atoms with van der Waals surface area (Å²) in [5, 5.41) is 9.11. The monoisotopic (exact) mass is 269 g/mol. The third-order valence-corrected chi connectivity index (χ3v) is 5.09. The minimum Gasteiger partial charge on any atom is -0.423 e. The van der Waals surface area contributed by atoms with E-state index in [-0.39, 0.29) is 0 Å². The molecule has 0 aliphatic carbocycles. The quantitative estimate of drug-likeness (QED) is 0.778. The predicted molar refractivity (Wildman–Crippen MR) is 71.1 cm³/mol. The summed E-state index contributed by atoms with van der Waals surface area (Å²) < 4.78 is 31.4. The molecule has 2 N–H and O–H groups in total. The molecule has 0 saturated heterocycles. The van der Waals surface area contributed by atoms with Crippen LogP contribution in [0.25, 0.3) is 0 Å². The van der Waals surface area contributed by atoms with E-state index < -0.39 is 22.4 Å². The number of benzene rings is 1. The minimum atomic E-state index is -3.37. The normalized spacial score (nSPS) is 16.5. The van der Waals surface area contributed by atoms with Crippen LogP contribution in [0.1, 0.15) is 25.8 Å². The van der Waals surface area contributed by atoms with Crippen molar-refractivity contribution in [3.05, 3.63) is 23.8 Å². The number of fused-ring (bicyclic) bond motifs is 1. The maximum absolute atomic E-state index is 11.9. The molecule has 0 unspecified atom stereocenters. The van der Waals surface area contributed by atoms with E-state index in [4.69, 9.17) is 4.65 Å². The van der Waals surface area contributed by atoms with Gasteiger partial charge in [0.1, 0.15) is 0 Å². The highest BCUT2D eigenvalue weighted by Crippen LogP contribution is 2.17. The van der Waals surface area contributed by atoms with Gasteiger partial charge in [-0.15, -0.1) is 0 Å². The largest absolute Gasteiger partial charge is 0.491 e. The molecule has 0 amide bonds. The fourth-order valence-electron chi connectivity index (χ4n) is 1.76. The van der Waals surface area contributed by atoms with E-state index in [9.17, 15) is 13.4 Å². The maximum atomic E-state index is 11.9. The second-order valence-corrected chi connectivity index (χ2v) is 6.54. The Labute approximate surface area is 107 Å². The van der Waals surface area contributed by atoms with Crippen LogP contribution in [0.3, 0.4) is 0 Å². The van der Waals surface area contributed by atoms with Gasteiger partial charge >= 0.3 is 7.12 Å². The third kappa shape index (κ3) is 2.53. The lowest BCUT2D eigenvalue weighted by atomic mass is 9.79. The summed E-state index contributed by atoms with van der Waals surface area (Å²) in [4.78, 5) is 0. The molecule has 1 aromatic rings. The highest BCUT2D eigenvalue weighted by molar-refractivity contribution is 7.93. The molecule has 1 aromatic carbocycles. The Kier molecular flexibility index (Phi) is 3.65. The zero-order valence-corrected chi connectivity index (χ0v) is 11.2. The van der Waals surface area contributed by atoms with Gasteiger partial charge in [0.2, 0.25) is 10.0 Å². The molecule has 2 rings (SSSR count). The van der Waals surface area contributed by atoms with Crippen LogP contribution in [0.2, 0.25) is 0 Å². The zero-order chi connectivity index (χ0) is 13.3. The molecule has 0 aromatic heterocycles. The molecule has 0 spiro atoms. The first-order valence-electron chi connectivity index (χ1n) is 5.88. The summed E-state index contributed by atoms with van der Waals surface area (Å²) in [5.41, 5.74) is 1.96. The van der Waals surface area contributed by atoms with Crippen LogP contribution in [0.15, 0.2) is 18.2 Å². The van der Waals surface area contributed by atoms with Gasteiger partial charge in [-0.1, -0.05) is 13.0 Å². The van der Waals surface area contributed by atoms with Crippen LogP contribution in [-0.2, 0) is 21.3 Å². The third-order valence-electron chi connectivity index (χ3n) is 3.17. The van der Waals surface area contributed by atoms with Crippen molar-refractivity contribution in [3.8, 4) is 0 Å². The second-order valence-electron chi connectivity index (χ2n) is 4.44. The van der Waals surface area contributed by atoms with Gasteiger partial charge in [0.15, 0.2) is 0 Å². The summed E-state index contributed by atoms with van der Waals surface area (Å²) >= 11 is 0. The topological polar surface area (TPSA) is 75.6 Å². The summed E-state index contributed by atoms with van der Waals surface area (Å²) in [7, 11) is -4.34. The number of anilines is 1. The number of nitrogens with one attached hydrogen (secondary N) is 1. The Bertz CT molecular complexity index is 546. The number of hydrogen-bond donors (Lipinski definition) is 2. The second kappa shape index (κ2) is 4.91. The van der Waals surface area contributed by atoms with Gasteiger partial charge < -0.3 is 9.68 Å². The van der Waals surface area contributed by atoms with Crippen LogP contribution >= 0.6 is 0 Å². The van der Waals surface area contributed by atoms with Gasteiger partial charge in [0.25, 0.3) is 0 Å². The smallest absolute Gasteiger partial charge is 0.423 e. The molecule has 1 aliphatic rings. The fraction of sp³-hybridized carbons (Fsp3) is 0.455. The molecule has 0 fully saturated rings. The molecule has 98 valence electrons. The van der Waals surface area contributed by atoms with Crippen LogP contribution in [0.4, 0.5) is 5.69 Å². The Hall–Kier alpha value is -1.05. The first kappa shape index (κ1) is 13.4. The molecule has 1 heterocycles. The Morgan fingerprint density at radius 3 is 2.94 bits per heavy atom. The average molecular weight is 269 g/mol. The first-order chi connectivity index (χ1) is 8.44. The van der Waals surface area contributed by atoms with Crippen molar-refractivity contribution in [1.82, 2.24) is 0 Å². The van der Waals surface area contributed by atoms with Gasteiger partial charge in [-0.2, -0.15) is 0 Å². The SMILES string of the molecule is CC[C@@H](C)S(=O)(=O)Nc1ccc2c(c1)B(O)OC2. The number of hydrogen-bond acceptors (Lipinski definition) is 4. The van der Waals surface area contributed by atoms with E-state index in [0.717, 1.165) is 5.56 Å².